The van der Waals surface area contributed by atoms with Crippen molar-refractivity contribution in [1.82, 2.24) is 9.97 Å². The first-order chi connectivity index (χ1) is 19.9. The van der Waals surface area contributed by atoms with Gasteiger partial charge in [-0.2, -0.15) is 0 Å². The van der Waals surface area contributed by atoms with E-state index in [0.717, 1.165) is 32.8 Å². The fourth-order valence-corrected chi connectivity index (χ4v) is 5.76. The molecule has 6 aromatic rings. The van der Waals surface area contributed by atoms with Gasteiger partial charge in [-0.25, -0.2) is 0 Å². The molecule has 1 aliphatic heterocycles. The van der Waals surface area contributed by atoms with E-state index in [1.807, 2.05) is 31.3 Å². The second-order valence-electron chi connectivity index (χ2n) is 10.2. The molecule has 0 spiro atoms. The quantitative estimate of drug-likeness (QED) is 0.107. The lowest BCUT2D eigenvalue weighted by atomic mass is 9.95. The number of aromatic amines is 2. The standard InChI is InChI=1S/C30H23N7O4/c1-15-12-32-28-23(38)11-22-27(26(15)28)18(13-33-36-31)14-37(22)30(40)21-9-17-8-19(6-7-20(17)35-21)34-29(39)25-10-16-4-2-3-5-24(16)41-25/h2-12,18,32,35,38H,13-14H2,1H3,(H,34,39)/t18-/m1/s1. The fourth-order valence-electron chi connectivity index (χ4n) is 5.76. The first kappa shape index (κ1) is 24.4. The van der Waals surface area contributed by atoms with Gasteiger partial charge in [0.05, 0.1) is 11.2 Å². The summed E-state index contributed by atoms with van der Waals surface area (Å²) >= 11 is 0. The van der Waals surface area contributed by atoms with Crippen molar-refractivity contribution in [3.8, 4) is 5.75 Å². The van der Waals surface area contributed by atoms with Gasteiger partial charge in [0.15, 0.2) is 5.76 Å². The lowest BCUT2D eigenvalue weighted by Gasteiger charge is -2.17. The van der Waals surface area contributed by atoms with Gasteiger partial charge in [-0.1, -0.05) is 23.3 Å². The van der Waals surface area contributed by atoms with Crippen LogP contribution in [0.25, 0.3) is 43.2 Å². The van der Waals surface area contributed by atoms with Crippen LogP contribution >= 0.6 is 0 Å². The molecule has 0 unspecified atom stereocenters. The molecule has 4 N–H and O–H groups in total. The van der Waals surface area contributed by atoms with Crippen molar-refractivity contribution < 1.29 is 19.1 Å². The van der Waals surface area contributed by atoms with E-state index in [1.54, 1.807) is 47.4 Å². The monoisotopic (exact) mass is 545 g/mol. The third-order valence-electron chi connectivity index (χ3n) is 7.62. The van der Waals surface area contributed by atoms with Gasteiger partial charge in [0.2, 0.25) is 0 Å². The topological polar surface area (TPSA) is 163 Å². The zero-order valence-electron chi connectivity index (χ0n) is 21.8. The molecule has 11 heteroatoms. The number of phenols is 1. The van der Waals surface area contributed by atoms with Crippen LogP contribution < -0.4 is 10.2 Å². The lowest BCUT2D eigenvalue weighted by molar-refractivity contribution is 0.0981. The Morgan fingerprint density at radius 3 is 2.85 bits per heavy atom. The average molecular weight is 546 g/mol. The van der Waals surface area contributed by atoms with E-state index in [4.69, 9.17) is 9.95 Å². The smallest absolute Gasteiger partial charge is 0.291 e. The number of aryl methyl sites for hydroxylation is 1. The molecule has 0 fully saturated rings. The summed E-state index contributed by atoms with van der Waals surface area (Å²) < 4.78 is 5.67. The Hall–Kier alpha value is -5.67. The Bertz CT molecular complexity index is 2050. The van der Waals surface area contributed by atoms with Gasteiger partial charge in [0, 0.05) is 63.5 Å². The minimum atomic E-state index is -0.377. The number of benzene rings is 3. The maximum absolute atomic E-state index is 13.8. The lowest BCUT2D eigenvalue weighted by Crippen LogP contribution is -2.30. The number of hydrogen-bond donors (Lipinski definition) is 4. The number of carbonyl (C=O) groups excluding carboxylic acids is 2. The molecule has 1 aliphatic rings. The molecular weight excluding hydrogens is 522 g/mol. The van der Waals surface area contributed by atoms with Gasteiger partial charge in [-0.3, -0.25) is 9.59 Å². The SMILES string of the molecule is Cc1c[nH]c2c(O)cc3c(c12)[C@H](CN=[N+]=[N-])CN3C(=O)c1cc2cc(NC(=O)c3cc4ccccc4o3)ccc2[nH]1. The molecule has 11 nitrogen and oxygen atoms in total. The number of rotatable bonds is 5. The number of fused-ring (bicyclic) bond motifs is 5. The van der Waals surface area contributed by atoms with Crippen molar-refractivity contribution in [3.63, 3.8) is 0 Å². The van der Waals surface area contributed by atoms with E-state index in [2.05, 4.69) is 25.3 Å². The Balaban J connectivity index is 1.20. The van der Waals surface area contributed by atoms with Crippen LogP contribution in [-0.2, 0) is 0 Å². The van der Waals surface area contributed by atoms with Crippen molar-refractivity contribution in [2.24, 2.45) is 5.11 Å². The molecule has 202 valence electrons. The summed E-state index contributed by atoms with van der Waals surface area (Å²) in [7, 11) is 0. The number of nitrogens with one attached hydrogen (secondary N) is 3. The highest BCUT2D eigenvalue weighted by atomic mass is 16.3. The summed E-state index contributed by atoms with van der Waals surface area (Å²) in [5.41, 5.74) is 14.2. The van der Waals surface area contributed by atoms with Crippen molar-refractivity contribution >= 4 is 56.0 Å². The van der Waals surface area contributed by atoms with Crippen LogP contribution in [-0.4, -0.2) is 40.0 Å². The molecule has 1 atom stereocenters. The molecular formula is C30H23N7O4. The number of aromatic nitrogens is 2. The van der Waals surface area contributed by atoms with Crippen LogP contribution in [0.2, 0.25) is 0 Å². The minimum absolute atomic E-state index is 0.0376. The van der Waals surface area contributed by atoms with Crippen LogP contribution in [0.3, 0.4) is 0 Å². The zero-order chi connectivity index (χ0) is 28.2. The number of amides is 2. The first-order valence-electron chi connectivity index (χ1n) is 13.0. The van der Waals surface area contributed by atoms with Gasteiger partial charge in [0.1, 0.15) is 17.0 Å². The number of para-hydroxylation sites is 1. The molecule has 0 radical (unpaired) electrons. The molecule has 7 rings (SSSR count). The summed E-state index contributed by atoms with van der Waals surface area (Å²) in [6.45, 7) is 2.40. The van der Waals surface area contributed by atoms with Crippen LogP contribution in [0.15, 0.2) is 76.4 Å². The second kappa shape index (κ2) is 9.22. The predicted molar refractivity (Wildman–Crippen MR) is 156 cm³/mol. The van der Waals surface area contributed by atoms with Crippen molar-refractivity contribution in [1.29, 1.82) is 0 Å². The maximum atomic E-state index is 13.8. The number of phenolic OH excluding ortho intramolecular Hbond substituents is 1. The first-order valence-corrected chi connectivity index (χ1v) is 13.0. The third-order valence-corrected chi connectivity index (χ3v) is 7.62. The van der Waals surface area contributed by atoms with Crippen molar-refractivity contribution in [3.05, 3.63) is 99.9 Å². The molecule has 3 aromatic carbocycles. The Morgan fingerprint density at radius 2 is 2.02 bits per heavy atom. The van der Waals surface area contributed by atoms with Gasteiger partial charge in [-0.15, -0.1) is 0 Å². The number of nitrogens with zero attached hydrogens (tertiary/aromatic N) is 4. The normalized spacial score (nSPS) is 14.5. The average Bonchev–Trinajstić information content (AvgIpc) is 3.75. The van der Waals surface area contributed by atoms with Gasteiger partial charge in [0.25, 0.3) is 11.8 Å². The molecule has 2 amide bonds. The summed E-state index contributed by atoms with van der Waals surface area (Å²) in [4.78, 5) is 37.4. The van der Waals surface area contributed by atoms with Crippen LogP contribution in [0.1, 0.15) is 38.1 Å². The summed E-state index contributed by atoms with van der Waals surface area (Å²) in [6.07, 6.45) is 1.81. The maximum Gasteiger partial charge on any atom is 0.291 e. The molecule has 0 aliphatic carbocycles. The second-order valence-corrected chi connectivity index (χ2v) is 10.2. The van der Waals surface area contributed by atoms with Crippen molar-refractivity contribution in [2.75, 3.05) is 23.3 Å². The largest absolute Gasteiger partial charge is 0.506 e. The Labute approximate surface area is 232 Å². The number of carbonyl (C=O) groups is 2. The van der Waals surface area contributed by atoms with E-state index in [9.17, 15) is 14.7 Å². The van der Waals surface area contributed by atoms with Crippen LogP contribution in [0.5, 0.6) is 5.75 Å². The molecule has 0 bridgehead atoms. The van der Waals surface area contributed by atoms with E-state index in [1.165, 1.54) is 0 Å². The van der Waals surface area contributed by atoms with E-state index in [0.29, 0.717) is 34.7 Å². The van der Waals surface area contributed by atoms with Gasteiger partial charge >= 0.3 is 0 Å². The number of azide groups is 1. The molecule has 0 saturated heterocycles. The predicted octanol–water partition coefficient (Wildman–Crippen LogP) is 6.72. The Kier molecular flexibility index (Phi) is 5.48. The summed E-state index contributed by atoms with van der Waals surface area (Å²) in [5.74, 6) is -0.652. The highest BCUT2D eigenvalue weighted by Crippen LogP contribution is 2.46. The summed E-state index contributed by atoms with van der Waals surface area (Å²) in [6, 6.07) is 17.7. The highest BCUT2D eigenvalue weighted by Gasteiger charge is 2.36. The third kappa shape index (κ3) is 3.95. The van der Waals surface area contributed by atoms with E-state index < -0.39 is 0 Å². The van der Waals surface area contributed by atoms with Gasteiger partial charge < -0.3 is 29.7 Å². The van der Waals surface area contributed by atoms with E-state index >= 15 is 0 Å². The van der Waals surface area contributed by atoms with Crippen LogP contribution in [0.4, 0.5) is 11.4 Å². The summed E-state index contributed by atoms with van der Waals surface area (Å²) in [5, 5.41) is 19.8. The van der Waals surface area contributed by atoms with E-state index in [-0.39, 0.29) is 35.8 Å². The molecule has 3 aromatic heterocycles. The highest BCUT2D eigenvalue weighted by molar-refractivity contribution is 6.12. The number of furan rings is 1. The van der Waals surface area contributed by atoms with Gasteiger partial charge in [-0.05, 0) is 60.0 Å². The fraction of sp³-hybridized carbons (Fsp3) is 0.133. The van der Waals surface area contributed by atoms with Crippen molar-refractivity contribution in [2.45, 2.75) is 12.8 Å². The molecule has 0 saturated carbocycles. The molecule has 4 heterocycles. The number of anilines is 2. The number of aromatic hydroxyl groups is 1. The Morgan fingerprint density at radius 1 is 1.17 bits per heavy atom. The zero-order valence-corrected chi connectivity index (χ0v) is 21.8. The number of H-pyrrole nitrogens is 2. The molecule has 41 heavy (non-hydrogen) atoms. The van der Waals surface area contributed by atoms with Crippen LogP contribution in [0, 0.1) is 6.92 Å². The minimum Gasteiger partial charge on any atom is -0.506 e. The number of hydrogen-bond acceptors (Lipinski definition) is 5.